The molecule has 138 valence electrons. The summed E-state index contributed by atoms with van der Waals surface area (Å²) in [4.78, 5) is 12.9. The summed E-state index contributed by atoms with van der Waals surface area (Å²) in [7, 11) is 1.37. The summed E-state index contributed by atoms with van der Waals surface area (Å²) in [6.07, 6.45) is 0.804. The number of thiocarbonyl (C=S) groups is 1. The molecule has 0 bridgehead atoms. The van der Waals surface area contributed by atoms with E-state index in [2.05, 4.69) is 28.8 Å². The van der Waals surface area contributed by atoms with Gasteiger partial charge in [0.15, 0.2) is 5.11 Å². The second kappa shape index (κ2) is 8.79. The Bertz CT molecular complexity index is 952. The standard InChI is InChI=1S/C21H20N2O2S2/c1-14-12-17(20(24)25-2)19(27-14)23-21(26)22-18-11-7-6-10-16(18)13-15-8-4-3-5-9-15/h3-12H,13H2,1-2H3,(H2,22,23,26). The van der Waals surface area contributed by atoms with Crippen LogP contribution in [0.2, 0.25) is 0 Å². The summed E-state index contributed by atoms with van der Waals surface area (Å²) in [5.41, 5.74) is 3.80. The van der Waals surface area contributed by atoms with Gasteiger partial charge in [-0.15, -0.1) is 11.3 Å². The molecule has 4 nitrogen and oxygen atoms in total. The van der Waals surface area contributed by atoms with Crippen molar-refractivity contribution in [1.29, 1.82) is 0 Å². The molecule has 0 spiro atoms. The summed E-state index contributed by atoms with van der Waals surface area (Å²) in [6, 6.07) is 20.1. The summed E-state index contributed by atoms with van der Waals surface area (Å²) in [5, 5.41) is 7.48. The van der Waals surface area contributed by atoms with Crippen LogP contribution in [0.4, 0.5) is 10.7 Å². The number of esters is 1. The molecule has 0 radical (unpaired) electrons. The molecule has 0 atom stereocenters. The van der Waals surface area contributed by atoms with E-state index < -0.39 is 0 Å². The SMILES string of the molecule is COC(=O)c1cc(C)sc1NC(=S)Nc1ccccc1Cc1ccccc1. The first-order valence-corrected chi connectivity index (χ1v) is 9.68. The van der Waals surface area contributed by atoms with Crippen LogP contribution < -0.4 is 10.6 Å². The van der Waals surface area contributed by atoms with E-state index in [4.69, 9.17) is 17.0 Å². The molecule has 0 aliphatic heterocycles. The Hall–Kier alpha value is -2.70. The third kappa shape index (κ3) is 4.93. The normalized spacial score (nSPS) is 10.3. The van der Waals surface area contributed by atoms with Crippen molar-refractivity contribution in [1.82, 2.24) is 0 Å². The Balaban J connectivity index is 1.75. The van der Waals surface area contributed by atoms with Gasteiger partial charge in [-0.25, -0.2) is 4.79 Å². The van der Waals surface area contributed by atoms with Crippen LogP contribution in [0.15, 0.2) is 60.7 Å². The average Bonchev–Trinajstić information content (AvgIpc) is 3.03. The third-order valence-corrected chi connectivity index (χ3v) is 5.16. The van der Waals surface area contributed by atoms with Crippen molar-refractivity contribution in [2.45, 2.75) is 13.3 Å². The highest BCUT2D eigenvalue weighted by Crippen LogP contribution is 2.28. The fourth-order valence-electron chi connectivity index (χ4n) is 2.74. The molecule has 27 heavy (non-hydrogen) atoms. The van der Waals surface area contributed by atoms with Crippen LogP contribution in [-0.4, -0.2) is 18.2 Å². The second-order valence-electron chi connectivity index (χ2n) is 5.99. The van der Waals surface area contributed by atoms with Gasteiger partial charge in [0.25, 0.3) is 0 Å². The predicted molar refractivity (Wildman–Crippen MR) is 116 cm³/mol. The van der Waals surface area contributed by atoms with Crippen molar-refractivity contribution < 1.29 is 9.53 Å². The molecule has 3 rings (SSSR count). The van der Waals surface area contributed by atoms with Gasteiger partial charge in [-0.1, -0.05) is 48.5 Å². The number of para-hydroxylation sites is 1. The van der Waals surface area contributed by atoms with Crippen molar-refractivity contribution in [2.24, 2.45) is 0 Å². The van der Waals surface area contributed by atoms with Crippen molar-refractivity contribution in [2.75, 3.05) is 17.7 Å². The highest BCUT2D eigenvalue weighted by atomic mass is 32.1. The molecule has 0 amide bonds. The Morgan fingerprint density at radius 3 is 2.52 bits per heavy atom. The van der Waals surface area contributed by atoms with Crippen molar-refractivity contribution in [3.05, 3.63) is 82.2 Å². The third-order valence-electron chi connectivity index (χ3n) is 3.99. The molecule has 1 heterocycles. The van der Waals surface area contributed by atoms with Gasteiger partial charge >= 0.3 is 5.97 Å². The molecule has 2 N–H and O–H groups in total. The fourth-order valence-corrected chi connectivity index (χ4v) is 3.92. The van der Waals surface area contributed by atoms with Gasteiger partial charge in [-0.2, -0.15) is 0 Å². The number of anilines is 2. The van der Waals surface area contributed by atoms with Crippen LogP contribution in [0.1, 0.15) is 26.4 Å². The number of thiophene rings is 1. The zero-order valence-corrected chi connectivity index (χ0v) is 16.7. The molecule has 0 saturated carbocycles. The first-order chi connectivity index (χ1) is 13.1. The van der Waals surface area contributed by atoms with E-state index in [0.717, 1.165) is 22.5 Å². The molecule has 3 aromatic rings. The Morgan fingerprint density at radius 1 is 1.07 bits per heavy atom. The summed E-state index contributed by atoms with van der Waals surface area (Å²) in [5.74, 6) is -0.380. The largest absolute Gasteiger partial charge is 0.465 e. The lowest BCUT2D eigenvalue weighted by Gasteiger charge is -2.14. The highest BCUT2D eigenvalue weighted by Gasteiger charge is 2.16. The molecular formula is C21H20N2O2S2. The van der Waals surface area contributed by atoms with E-state index in [-0.39, 0.29) is 5.97 Å². The first-order valence-electron chi connectivity index (χ1n) is 8.45. The van der Waals surface area contributed by atoms with E-state index in [1.807, 2.05) is 43.3 Å². The van der Waals surface area contributed by atoms with Crippen LogP contribution in [-0.2, 0) is 11.2 Å². The second-order valence-corrected chi connectivity index (χ2v) is 7.65. The number of rotatable bonds is 5. The molecule has 2 aromatic carbocycles. The van der Waals surface area contributed by atoms with Gasteiger partial charge in [0, 0.05) is 10.6 Å². The van der Waals surface area contributed by atoms with E-state index in [1.165, 1.54) is 24.0 Å². The smallest absolute Gasteiger partial charge is 0.340 e. The molecule has 0 aliphatic carbocycles. The lowest BCUT2D eigenvalue weighted by Crippen LogP contribution is -2.20. The van der Waals surface area contributed by atoms with Gasteiger partial charge in [0.2, 0.25) is 0 Å². The molecular weight excluding hydrogens is 376 g/mol. The molecule has 1 aromatic heterocycles. The van der Waals surface area contributed by atoms with Gasteiger partial charge in [-0.3, -0.25) is 0 Å². The molecule has 0 aliphatic rings. The predicted octanol–water partition coefficient (Wildman–Crippen LogP) is 5.24. The van der Waals surface area contributed by atoms with Crippen molar-refractivity contribution in [3.63, 3.8) is 0 Å². The molecule has 0 fully saturated rings. The van der Waals surface area contributed by atoms with E-state index in [0.29, 0.717) is 15.7 Å². The van der Waals surface area contributed by atoms with Crippen LogP contribution >= 0.6 is 23.6 Å². The number of ether oxygens (including phenoxy) is 1. The van der Waals surface area contributed by atoms with Crippen LogP contribution in [0.5, 0.6) is 0 Å². The number of hydrogen-bond donors (Lipinski definition) is 2. The highest BCUT2D eigenvalue weighted by molar-refractivity contribution is 7.80. The topological polar surface area (TPSA) is 50.4 Å². The van der Waals surface area contributed by atoms with E-state index in [9.17, 15) is 4.79 Å². The first kappa shape index (κ1) is 19.1. The van der Waals surface area contributed by atoms with Gasteiger partial charge in [0.05, 0.1) is 12.7 Å². The maximum absolute atomic E-state index is 11.9. The lowest BCUT2D eigenvalue weighted by atomic mass is 10.0. The Morgan fingerprint density at radius 2 is 1.78 bits per heavy atom. The van der Waals surface area contributed by atoms with Crippen molar-refractivity contribution in [3.8, 4) is 0 Å². The number of aryl methyl sites for hydroxylation is 1. The number of carbonyl (C=O) groups excluding carboxylic acids is 1. The quantitative estimate of drug-likeness (QED) is 0.456. The number of carbonyl (C=O) groups is 1. The minimum Gasteiger partial charge on any atom is -0.465 e. The number of benzene rings is 2. The average molecular weight is 397 g/mol. The van der Waals surface area contributed by atoms with Gasteiger partial charge in [-0.05, 0) is 48.8 Å². The number of methoxy groups -OCH3 is 1. The lowest BCUT2D eigenvalue weighted by molar-refractivity contribution is 0.0602. The van der Waals surface area contributed by atoms with Crippen LogP contribution in [0.25, 0.3) is 0 Å². The maximum atomic E-state index is 11.9. The molecule has 6 heteroatoms. The number of hydrogen-bond acceptors (Lipinski definition) is 4. The van der Waals surface area contributed by atoms with E-state index >= 15 is 0 Å². The minimum atomic E-state index is -0.380. The maximum Gasteiger partial charge on any atom is 0.340 e. The van der Waals surface area contributed by atoms with Gasteiger partial charge < -0.3 is 15.4 Å². The monoisotopic (exact) mass is 396 g/mol. The Kier molecular flexibility index (Phi) is 6.21. The summed E-state index contributed by atoms with van der Waals surface area (Å²) < 4.78 is 4.84. The molecule has 0 unspecified atom stereocenters. The summed E-state index contributed by atoms with van der Waals surface area (Å²) >= 11 is 6.93. The summed E-state index contributed by atoms with van der Waals surface area (Å²) in [6.45, 7) is 1.94. The minimum absolute atomic E-state index is 0.380. The number of nitrogens with one attached hydrogen (secondary N) is 2. The molecule has 0 saturated heterocycles. The zero-order valence-electron chi connectivity index (χ0n) is 15.1. The zero-order chi connectivity index (χ0) is 19.2. The van der Waals surface area contributed by atoms with Crippen LogP contribution in [0, 0.1) is 6.92 Å². The fraction of sp³-hybridized carbons (Fsp3) is 0.143. The van der Waals surface area contributed by atoms with Gasteiger partial charge in [0.1, 0.15) is 5.00 Å². The van der Waals surface area contributed by atoms with E-state index in [1.54, 1.807) is 6.07 Å². The van der Waals surface area contributed by atoms with Crippen molar-refractivity contribution >= 4 is 45.3 Å². The Labute approximate surface area is 168 Å². The van der Waals surface area contributed by atoms with Crippen LogP contribution in [0.3, 0.4) is 0 Å².